The van der Waals surface area contributed by atoms with Gasteiger partial charge in [0.1, 0.15) is 5.60 Å². The molecule has 0 radical (unpaired) electrons. The van der Waals surface area contributed by atoms with Crippen LogP contribution in [0.25, 0.3) is 0 Å². The number of likely N-dealkylation sites (tertiary alicyclic amines) is 1. The lowest BCUT2D eigenvalue weighted by Gasteiger charge is -2.41. The van der Waals surface area contributed by atoms with Crippen LogP contribution < -0.4 is 5.32 Å². The van der Waals surface area contributed by atoms with E-state index in [1.54, 1.807) is 4.90 Å². The summed E-state index contributed by atoms with van der Waals surface area (Å²) in [7, 11) is 0. The Morgan fingerprint density at radius 1 is 1.24 bits per heavy atom. The molecule has 1 amide bonds. The molecule has 0 aromatic carbocycles. The van der Waals surface area contributed by atoms with Crippen LogP contribution in [0.15, 0.2) is 0 Å². The zero-order chi connectivity index (χ0) is 19.5. The molecule has 25 heavy (non-hydrogen) atoms. The predicted molar refractivity (Wildman–Crippen MR) is 99.0 cm³/mol. The Morgan fingerprint density at radius 2 is 1.76 bits per heavy atom. The number of carbonyl (C=O) groups excluding carboxylic acids is 2. The number of carbonyl (C=O) groups is 2. The van der Waals surface area contributed by atoms with Crippen LogP contribution in [-0.2, 0) is 9.53 Å². The molecular weight excluding hydrogens is 344 g/mol. The molecule has 2 N–H and O–H groups in total. The van der Waals surface area contributed by atoms with Crippen molar-refractivity contribution in [1.82, 2.24) is 10.2 Å². The Morgan fingerprint density at radius 3 is 2.20 bits per heavy atom. The number of ether oxygens (including phenoxy) is 1. The first-order valence-corrected chi connectivity index (χ1v) is 9.37. The molecule has 1 fully saturated rings. The van der Waals surface area contributed by atoms with Crippen molar-refractivity contribution in [1.29, 1.82) is 0 Å². The average molecular weight is 377 g/mol. The van der Waals surface area contributed by atoms with Gasteiger partial charge in [0, 0.05) is 31.1 Å². The van der Waals surface area contributed by atoms with Crippen molar-refractivity contribution < 1.29 is 19.4 Å². The first kappa shape index (κ1) is 22.2. The van der Waals surface area contributed by atoms with Crippen LogP contribution in [0.1, 0.15) is 54.4 Å². The molecule has 0 aromatic heterocycles. The topological polar surface area (TPSA) is 78.9 Å². The van der Waals surface area contributed by atoms with Gasteiger partial charge in [-0.1, -0.05) is 6.92 Å². The lowest BCUT2D eigenvalue weighted by molar-refractivity contribution is -0.122. The molecule has 0 aliphatic carbocycles. The van der Waals surface area contributed by atoms with Gasteiger partial charge in [0.25, 0.3) is 0 Å². The fourth-order valence-electron chi connectivity index (χ4n) is 2.67. The van der Waals surface area contributed by atoms with Crippen LogP contribution in [0.5, 0.6) is 0 Å². The summed E-state index contributed by atoms with van der Waals surface area (Å²) in [5.41, 5.74) is -1.90. The van der Waals surface area contributed by atoms with Crippen molar-refractivity contribution in [2.75, 3.05) is 25.5 Å². The van der Waals surface area contributed by atoms with Crippen LogP contribution in [-0.4, -0.2) is 64.1 Å². The van der Waals surface area contributed by atoms with Crippen molar-refractivity contribution in [2.45, 2.75) is 71.1 Å². The van der Waals surface area contributed by atoms with E-state index in [9.17, 15) is 14.7 Å². The number of aliphatic hydroxyl groups is 1. The van der Waals surface area contributed by atoms with E-state index in [1.807, 2.05) is 41.5 Å². The van der Waals surface area contributed by atoms with Gasteiger partial charge in [0.05, 0.1) is 11.5 Å². The molecule has 0 saturated carbocycles. The fourth-order valence-corrected chi connectivity index (χ4v) is 2.90. The third-order valence-corrected chi connectivity index (χ3v) is 5.18. The number of piperidine rings is 1. The molecule has 0 bridgehead atoms. The predicted octanol–water partition coefficient (Wildman–Crippen LogP) is 2.56. The fraction of sp³-hybridized carbons (Fsp3) is 0.889. The summed E-state index contributed by atoms with van der Waals surface area (Å²) in [4.78, 5) is 25.6. The Bertz CT molecular complexity index is 480. The number of nitrogens with one attached hydrogen (secondary N) is 1. The molecule has 1 saturated heterocycles. The maximum Gasteiger partial charge on any atom is 0.410 e. The number of hydrogen-bond acceptors (Lipinski definition) is 5. The van der Waals surface area contributed by atoms with Gasteiger partial charge in [0.2, 0.25) is 0 Å². The van der Waals surface area contributed by atoms with E-state index in [0.717, 1.165) is 0 Å². The second kappa shape index (κ2) is 8.23. The molecule has 1 atom stereocenters. The summed E-state index contributed by atoms with van der Waals surface area (Å²) in [5.74, 6) is -0.289. The first-order chi connectivity index (χ1) is 11.3. The van der Waals surface area contributed by atoms with E-state index in [0.29, 0.717) is 32.5 Å². The lowest BCUT2D eigenvalue weighted by Crippen LogP contribution is -2.57. The summed E-state index contributed by atoms with van der Waals surface area (Å²) >= 11 is 5.64. The van der Waals surface area contributed by atoms with Gasteiger partial charge in [-0.3, -0.25) is 4.79 Å². The average Bonchev–Trinajstić information content (AvgIpc) is 2.50. The summed E-state index contributed by atoms with van der Waals surface area (Å²) in [6.45, 7) is 12.5. The minimum Gasteiger partial charge on any atom is -0.444 e. The third-order valence-electron chi connectivity index (χ3n) is 4.92. The molecule has 0 aromatic rings. The number of β-amino-alcohol motifs (C(OH)–C–C–N with tert-alkyl or cyclic N) is 1. The third kappa shape index (κ3) is 6.76. The highest BCUT2D eigenvalue weighted by atomic mass is 35.5. The van der Waals surface area contributed by atoms with Gasteiger partial charge in [0.15, 0.2) is 5.78 Å². The summed E-state index contributed by atoms with van der Waals surface area (Å²) in [5, 5.41) is 14.1. The summed E-state index contributed by atoms with van der Waals surface area (Å²) in [6, 6.07) is 0. The number of rotatable bonds is 6. The standard InChI is InChI=1S/C18H33ClN2O4/c1-13(14(22)11-19)17(5,6)20-12-18(24)7-9-21(10-8-18)15(23)25-16(2,3)4/h13,20,24H,7-12H2,1-6H3. The van der Waals surface area contributed by atoms with Gasteiger partial charge in [-0.2, -0.15) is 0 Å². The zero-order valence-corrected chi connectivity index (χ0v) is 17.1. The number of halogens is 1. The number of nitrogens with zero attached hydrogens (tertiary/aromatic N) is 1. The molecule has 7 heteroatoms. The van der Waals surface area contributed by atoms with E-state index in [1.165, 1.54) is 0 Å². The van der Waals surface area contributed by atoms with Crippen molar-refractivity contribution >= 4 is 23.5 Å². The maximum absolute atomic E-state index is 12.1. The van der Waals surface area contributed by atoms with E-state index in [-0.39, 0.29) is 23.7 Å². The molecule has 1 heterocycles. The Hall–Kier alpha value is -0.850. The Labute approximate surface area is 156 Å². The van der Waals surface area contributed by atoms with Crippen molar-refractivity contribution in [3.05, 3.63) is 0 Å². The first-order valence-electron chi connectivity index (χ1n) is 8.84. The summed E-state index contributed by atoms with van der Waals surface area (Å²) < 4.78 is 5.37. The molecular formula is C18H33ClN2O4. The maximum atomic E-state index is 12.1. The van der Waals surface area contributed by atoms with Gasteiger partial charge in [-0.25, -0.2) is 4.79 Å². The molecule has 1 unspecified atom stereocenters. The normalized spacial score (nSPS) is 19.4. The molecule has 1 rings (SSSR count). The minimum atomic E-state index is -0.903. The smallest absolute Gasteiger partial charge is 0.410 e. The van der Waals surface area contributed by atoms with Crippen molar-refractivity contribution in [2.24, 2.45) is 5.92 Å². The quantitative estimate of drug-likeness (QED) is 0.696. The van der Waals surface area contributed by atoms with Crippen LogP contribution in [0.4, 0.5) is 4.79 Å². The van der Waals surface area contributed by atoms with Crippen molar-refractivity contribution in [3.63, 3.8) is 0 Å². The number of ketones is 1. The van der Waals surface area contributed by atoms with Gasteiger partial charge in [-0.15, -0.1) is 11.6 Å². The Balaban J connectivity index is 2.54. The van der Waals surface area contributed by atoms with Crippen LogP contribution >= 0.6 is 11.6 Å². The van der Waals surface area contributed by atoms with E-state index in [2.05, 4.69) is 5.32 Å². The van der Waals surface area contributed by atoms with Gasteiger partial charge >= 0.3 is 6.09 Å². The van der Waals surface area contributed by atoms with Gasteiger partial charge in [-0.05, 0) is 47.5 Å². The molecule has 1 aliphatic rings. The highest BCUT2D eigenvalue weighted by Gasteiger charge is 2.38. The lowest BCUT2D eigenvalue weighted by atomic mass is 9.84. The van der Waals surface area contributed by atoms with E-state index in [4.69, 9.17) is 16.3 Å². The van der Waals surface area contributed by atoms with E-state index < -0.39 is 16.7 Å². The second-order valence-electron chi connectivity index (χ2n) is 8.59. The number of alkyl halides is 1. The highest BCUT2D eigenvalue weighted by Crippen LogP contribution is 2.25. The van der Waals surface area contributed by atoms with Crippen molar-refractivity contribution in [3.8, 4) is 0 Å². The second-order valence-corrected chi connectivity index (χ2v) is 8.86. The minimum absolute atomic E-state index is 0.0125. The molecule has 1 aliphatic heterocycles. The van der Waals surface area contributed by atoms with Gasteiger partial charge < -0.3 is 20.1 Å². The number of hydrogen-bond donors (Lipinski definition) is 2. The van der Waals surface area contributed by atoms with Crippen LogP contribution in [0, 0.1) is 5.92 Å². The Kier molecular flexibility index (Phi) is 7.31. The number of amides is 1. The highest BCUT2D eigenvalue weighted by molar-refractivity contribution is 6.28. The van der Waals surface area contributed by atoms with E-state index >= 15 is 0 Å². The van der Waals surface area contributed by atoms with Crippen LogP contribution in [0.2, 0.25) is 0 Å². The SMILES string of the molecule is CC(C(=O)CCl)C(C)(C)NCC1(O)CCN(C(=O)OC(C)(C)C)CC1. The largest absolute Gasteiger partial charge is 0.444 e. The molecule has 0 spiro atoms. The number of Topliss-reactive ketones (excluding diaryl/α,β-unsaturated/α-hetero) is 1. The summed E-state index contributed by atoms with van der Waals surface area (Å²) in [6.07, 6.45) is 0.588. The monoisotopic (exact) mass is 376 g/mol. The van der Waals surface area contributed by atoms with Crippen LogP contribution in [0.3, 0.4) is 0 Å². The molecule has 146 valence electrons. The zero-order valence-electron chi connectivity index (χ0n) is 16.3. The molecule has 6 nitrogen and oxygen atoms in total.